The Hall–Kier alpha value is -0.790. The smallest absolute Gasteiger partial charge is 0.149 e. The van der Waals surface area contributed by atoms with E-state index >= 15 is 0 Å². The van der Waals surface area contributed by atoms with Gasteiger partial charge in [-0.25, -0.2) is 0 Å². The summed E-state index contributed by atoms with van der Waals surface area (Å²) >= 11 is 0. The molecule has 0 aromatic rings. The minimum atomic E-state index is 0.540. The number of hydrogen-bond acceptors (Lipinski definition) is 2. The van der Waals surface area contributed by atoms with Gasteiger partial charge < -0.3 is 5.11 Å². The molecule has 1 unspecified atom stereocenters. The van der Waals surface area contributed by atoms with E-state index in [0.717, 1.165) is 60.9 Å². The molecule has 4 rings (SSSR count). The lowest BCUT2D eigenvalue weighted by atomic mass is 9.44. The molecule has 0 radical (unpaired) electrons. The molecule has 4 fully saturated rings. The van der Waals surface area contributed by atoms with Gasteiger partial charge in [0.1, 0.15) is 6.29 Å². The van der Waals surface area contributed by atoms with Crippen LogP contribution in [0.3, 0.4) is 0 Å². The van der Waals surface area contributed by atoms with Crippen LogP contribution in [0.1, 0.15) is 104 Å². The summed E-state index contributed by atoms with van der Waals surface area (Å²) in [5.41, 5.74) is 1.73. The van der Waals surface area contributed by atoms with Crippen molar-refractivity contribution >= 4 is 6.29 Å². The number of fused-ring (bicyclic) bond motifs is 5. The van der Waals surface area contributed by atoms with Gasteiger partial charge in [0, 0.05) is 5.57 Å². The van der Waals surface area contributed by atoms with Gasteiger partial charge >= 0.3 is 0 Å². The van der Waals surface area contributed by atoms with Crippen molar-refractivity contribution in [3.8, 4) is 0 Å². The Balaban J connectivity index is 1.43. The van der Waals surface area contributed by atoms with Crippen LogP contribution in [-0.2, 0) is 4.79 Å². The predicted octanol–water partition coefficient (Wildman–Crippen LogP) is 7.48. The van der Waals surface area contributed by atoms with Crippen LogP contribution in [0.15, 0.2) is 11.8 Å². The van der Waals surface area contributed by atoms with Crippen LogP contribution >= 0.6 is 0 Å². The van der Waals surface area contributed by atoms with Gasteiger partial charge in [-0.2, -0.15) is 0 Å². The molecule has 0 spiro atoms. The average Bonchev–Trinajstić information content (AvgIpc) is 3.08. The van der Waals surface area contributed by atoms with Gasteiger partial charge in [0.05, 0.1) is 6.26 Å². The second-order valence-electron chi connectivity index (χ2n) is 11.8. The molecule has 4 aliphatic rings. The lowest BCUT2D eigenvalue weighted by Crippen LogP contribution is -2.53. The summed E-state index contributed by atoms with van der Waals surface area (Å²) in [5.74, 6) is 5.54. The van der Waals surface area contributed by atoms with Crippen LogP contribution in [0.25, 0.3) is 0 Å². The molecule has 0 bridgehead atoms. The molecule has 164 valence electrons. The van der Waals surface area contributed by atoms with Crippen molar-refractivity contribution in [2.24, 2.45) is 46.3 Å². The molecule has 4 aliphatic carbocycles. The Labute approximate surface area is 178 Å². The zero-order chi connectivity index (χ0) is 20.6. The summed E-state index contributed by atoms with van der Waals surface area (Å²) < 4.78 is 0. The van der Waals surface area contributed by atoms with Crippen molar-refractivity contribution in [2.75, 3.05) is 0 Å². The minimum absolute atomic E-state index is 0.540. The molecule has 0 aromatic heterocycles. The molecule has 29 heavy (non-hydrogen) atoms. The Morgan fingerprint density at radius 1 is 1.00 bits per heavy atom. The molecular formula is C27H44O2. The van der Waals surface area contributed by atoms with E-state index in [-0.39, 0.29) is 0 Å². The van der Waals surface area contributed by atoms with E-state index in [1.165, 1.54) is 70.6 Å². The number of carbonyl (C=O) groups is 1. The SMILES string of the molecule is C[C@H](CCCC(C=O)=CO)[C@H]1CC[C@H]2[C@@H]3CCC4CCCC[C@]4(C)[C@H]3CC[C@]12C. The number of hydrogen-bond donors (Lipinski definition) is 1. The van der Waals surface area contributed by atoms with Crippen molar-refractivity contribution in [2.45, 2.75) is 104 Å². The second kappa shape index (κ2) is 8.39. The van der Waals surface area contributed by atoms with Crippen molar-refractivity contribution < 1.29 is 9.90 Å². The number of aliphatic hydroxyl groups excluding tert-OH is 1. The molecule has 1 N–H and O–H groups in total. The van der Waals surface area contributed by atoms with E-state index in [1.54, 1.807) is 0 Å². The fourth-order valence-corrected chi connectivity index (χ4v) is 9.25. The summed E-state index contributed by atoms with van der Waals surface area (Å²) in [5, 5.41) is 9.12. The summed E-state index contributed by atoms with van der Waals surface area (Å²) in [6, 6.07) is 0. The third-order valence-electron chi connectivity index (χ3n) is 10.8. The fourth-order valence-electron chi connectivity index (χ4n) is 9.25. The largest absolute Gasteiger partial charge is 0.515 e. The summed E-state index contributed by atoms with van der Waals surface area (Å²) in [6.45, 7) is 7.81. The Kier molecular flexibility index (Phi) is 6.20. The zero-order valence-electron chi connectivity index (χ0n) is 19.2. The van der Waals surface area contributed by atoms with Crippen molar-refractivity contribution in [3.63, 3.8) is 0 Å². The maximum Gasteiger partial charge on any atom is 0.149 e. The predicted molar refractivity (Wildman–Crippen MR) is 120 cm³/mol. The first-order chi connectivity index (χ1) is 13.9. The highest BCUT2D eigenvalue weighted by atomic mass is 16.2. The third-order valence-corrected chi connectivity index (χ3v) is 10.8. The van der Waals surface area contributed by atoms with Crippen LogP contribution in [0.4, 0.5) is 0 Å². The van der Waals surface area contributed by atoms with Gasteiger partial charge in [-0.15, -0.1) is 0 Å². The molecule has 4 saturated carbocycles. The van der Waals surface area contributed by atoms with Gasteiger partial charge in [-0.3, -0.25) is 4.79 Å². The lowest BCUT2D eigenvalue weighted by Gasteiger charge is -2.61. The third kappa shape index (κ3) is 3.61. The van der Waals surface area contributed by atoms with E-state index < -0.39 is 0 Å². The number of rotatable bonds is 6. The van der Waals surface area contributed by atoms with E-state index in [0.29, 0.717) is 16.4 Å². The minimum Gasteiger partial charge on any atom is -0.515 e. The van der Waals surface area contributed by atoms with Gasteiger partial charge in [-0.1, -0.05) is 40.0 Å². The van der Waals surface area contributed by atoms with Gasteiger partial charge in [-0.05, 0) is 111 Å². The van der Waals surface area contributed by atoms with Gasteiger partial charge in [0.2, 0.25) is 0 Å². The van der Waals surface area contributed by atoms with Crippen molar-refractivity contribution in [3.05, 3.63) is 11.8 Å². The molecule has 8 atom stereocenters. The highest BCUT2D eigenvalue weighted by Crippen LogP contribution is 2.68. The van der Waals surface area contributed by atoms with Crippen molar-refractivity contribution in [1.82, 2.24) is 0 Å². The first-order valence-corrected chi connectivity index (χ1v) is 12.7. The quantitative estimate of drug-likeness (QED) is 0.285. The molecule has 0 heterocycles. The first-order valence-electron chi connectivity index (χ1n) is 12.7. The normalized spacial score (nSPS) is 45.8. The molecular weight excluding hydrogens is 356 g/mol. The number of aliphatic hydroxyl groups is 1. The average molecular weight is 401 g/mol. The van der Waals surface area contributed by atoms with Crippen molar-refractivity contribution in [1.29, 1.82) is 0 Å². The highest BCUT2D eigenvalue weighted by Gasteiger charge is 2.59. The van der Waals surface area contributed by atoms with Crippen LogP contribution in [-0.4, -0.2) is 11.4 Å². The number of allylic oxidation sites excluding steroid dienone is 1. The number of carbonyl (C=O) groups excluding carboxylic acids is 1. The van der Waals surface area contributed by atoms with E-state index in [1.807, 2.05) is 0 Å². The highest BCUT2D eigenvalue weighted by molar-refractivity contribution is 5.72. The standard InChI is InChI=1S/C27H44O2/c1-19(7-6-8-20(17-28)18-29)23-12-13-24-22-11-10-21-9-4-5-15-26(21,2)25(22)14-16-27(23,24)3/h17-19,21-25,28H,4-16H2,1-3H3/t19-,21?,22+,23-,24+,25+,26+,27-/m1/s1. The monoisotopic (exact) mass is 400 g/mol. The molecule has 0 amide bonds. The number of aldehydes is 1. The summed E-state index contributed by atoms with van der Waals surface area (Å²) in [4.78, 5) is 10.9. The zero-order valence-corrected chi connectivity index (χ0v) is 19.2. The Morgan fingerprint density at radius 2 is 1.79 bits per heavy atom. The van der Waals surface area contributed by atoms with Gasteiger partial charge in [0.15, 0.2) is 0 Å². The molecule has 0 aromatic carbocycles. The first kappa shape index (κ1) is 21.4. The van der Waals surface area contributed by atoms with Crippen LogP contribution in [0.5, 0.6) is 0 Å². The van der Waals surface area contributed by atoms with E-state index in [9.17, 15) is 4.79 Å². The molecule has 0 saturated heterocycles. The maximum atomic E-state index is 10.9. The Morgan fingerprint density at radius 3 is 2.55 bits per heavy atom. The van der Waals surface area contributed by atoms with Crippen LogP contribution in [0.2, 0.25) is 0 Å². The molecule has 2 nitrogen and oxygen atoms in total. The van der Waals surface area contributed by atoms with E-state index in [2.05, 4.69) is 20.8 Å². The van der Waals surface area contributed by atoms with Crippen LogP contribution < -0.4 is 0 Å². The topological polar surface area (TPSA) is 37.3 Å². The fraction of sp³-hybridized carbons (Fsp3) is 0.889. The maximum absolute atomic E-state index is 10.9. The molecule has 2 heteroatoms. The molecule has 0 aliphatic heterocycles. The Bertz CT molecular complexity index is 624. The lowest BCUT2D eigenvalue weighted by molar-refractivity contribution is -0.114. The van der Waals surface area contributed by atoms with E-state index in [4.69, 9.17) is 5.11 Å². The van der Waals surface area contributed by atoms with Crippen LogP contribution in [0, 0.1) is 46.3 Å². The summed E-state index contributed by atoms with van der Waals surface area (Å²) in [6.07, 6.45) is 19.5. The van der Waals surface area contributed by atoms with Gasteiger partial charge in [0.25, 0.3) is 0 Å². The summed E-state index contributed by atoms with van der Waals surface area (Å²) in [7, 11) is 0. The second-order valence-corrected chi connectivity index (χ2v) is 11.8.